The molecule has 4 aromatic rings. The molecule has 1 atom stereocenters. The van der Waals surface area contributed by atoms with Gasteiger partial charge in [-0.3, -0.25) is 0 Å². The van der Waals surface area contributed by atoms with Crippen molar-refractivity contribution in [1.82, 2.24) is 24.9 Å². The van der Waals surface area contributed by atoms with E-state index in [0.29, 0.717) is 34.0 Å². The van der Waals surface area contributed by atoms with Crippen molar-refractivity contribution in [1.29, 1.82) is 0 Å². The molecule has 0 spiro atoms. The Balaban J connectivity index is 1.79. The quantitative estimate of drug-likeness (QED) is 0.447. The Hall–Kier alpha value is -3.74. The summed E-state index contributed by atoms with van der Waals surface area (Å²) >= 11 is 0. The lowest BCUT2D eigenvalue weighted by atomic mass is 10.0. The summed E-state index contributed by atoms with van der Waals surface area (Å²) < 4.78 is 6.59. The van der Waals surface area contributed by atoms with Gasteiger partial charge in [-0.25, -0.2) is 9.67 Å². The molecule has 9 heteroatoms. The van der Waals surface area contributed by atoms with Crippen LogP contribution in [0.1, 0.15) is 29.6 Å². The van der Waals surface area contributed by atoms with Gasteiger partial charge in [0.05, 0.1) is 17.8 Å². The molecule has 29 heavy (non-hydrogen) atoms. The van der Waals surface area contributed by atoms with Crippen molar-refractivity contribution < 1.29 is 14.7 Å². The van der Waals surface area contributed by atoms with Gasteiger partial charge in [-0.05, 0) is 32.0 Å². The summed E-state index contributed by atoms with van der Waals surface area (Å²) in [5.41, 5.74) is 6.39. The molecule has 4 N–H and O–H groups in total. The molecule has 0 aliphatic carbocycles. The van der Waals surface area contributed by atoms with E-state index in [-0.39, 0.29) is 12.6 Å². The van der Waals surface area contributed by atoms with Gasteiger partial charge in [-0.15, -0.1) is 0 Å². The van der Waals surface area contributed by atoms with Crippen molar-refractivity contribution in [3.05, 3.63) is 59.2 Å². The zero-order valence-corrected chi connectivity index (χ0v) is 15.8. The van der Waals surface area contributed by atoms with Crippen LogP contribution in [0.2, 0.25) is 0 Å². The average Bonchev–Trinajstić information content (AvgIpc) is 3.30. The third-order valence-electron chi connectivity index (χ3n) is 4.36. The van der Waals surface area contributed by atoms with Crippen LogP contribution in [0.4, 0.5) is 5.95 Å². The molecule has 0 bridgehead atoms. The molecule has 0 amide bonds. The maximum atomic E-state index is 10.6. The Kier molecular flexibility index (Phi) is 4.50. The molecular formula is C20H18N6O3. The number of hydrogen-bond acceptors (Lipinski definition) is 8. The summed E-state index contributed by atoms with van der Waals surface area (Å²) in [6.45, 7) is 3.07. The second kappa shape index (κ2) is 7.01. The number of nitrogen functional groups attached to an aromatic ring is 1. The van der Waals surface area contributed by atoms with Crippen LogP contribution in [-0.4, -0.2) is 35.1 Å². The average molecular weight is 390 g/mol. The predicted molar refractivity (Wildman–Crippen MR) is 105 cm³/mol. The molecular weight excluding hydrogens is 372 g/mol. The monoisotopic (exact) mass is 390 g/mol. The predicted octanol–water partition coefficient (Wildman–Crippen LogP) is 1.45. The third-order valence-corrected chi connectivity index (χ3v) is 4.36. The first-order valence-electron chi connectivity index (χ1n) is 8.78. The number of nitrogens with two attached hydrogens (primary N) is 1. The molecule has 1 aromatic carbocycles. The van der Waals surface area contributed by atoms with Gasteiger partial charge in [0.25, 0.3) is 0 Å². The van der Waals surface area contributed by atoms with Crippen molar-refractivity contribution in [3.8, 4) is 17.7 Å². The van der Waals surface area contributed by atoms with E-state index in [2.05, 4.69) is 32.1 Å². The first-order valence-corrected chi connectivity index (χ1v) is 8.78. The molecule has 9 nitrogen and oxygen atoms in total. The van der Waals surface area contributed by atoms with E-state index in [1.807, 2.05) is 6.07 Å². The highest BCUT2D eigenvalue weighted by molar-refractivity contribution is 5.84. The summed E-state index contributed by atoms with van der Waals surface area (Å²) in [5, 5.41) is 29.3. The number of aromatic nitrogens is 5. The van der Waals surface area contributed by atoms with Crippen molar-refractivity contribution in [2.45, 2.75) is 26.1 Å². The van der Waals surface area contributed by atoms with Crippen LogP contribution in [0.25, 0.3) is 16.7 Å². The molecule has 0 aliphatic rings. The van der Waals surface area contributed by atoms with Gasteiger partial charge in [0.1, 0.15) is 11.5 Å². The topological polar surface area (TPSA) is 136 Å². The fraction of sp³-hybridized carbons (Fsp3) is 0.200. The number of aliphatic hydroxyl groups excluding tert-OH is 1. The van der Waals surface area contributed by atoms with Crippen molar-refractivity contribution >= 4 is 16.9 Å². The number of fused-ring (bicyclic) bond motifs is 1. The van der Waals surface area contributed by atoms with E-state index < -0.39 is 5.60 Å². The SMILES string of the molecule is Cc1cc(C(C)(O)C#Cc2ccc3c(CO)nn(-c4ccnc(N)n4)c3c2)no1. The lowest BCUT2D eigenvalue weighted by Crippen LogP contribution is -2.18. The lowest BCUT2D eigenvalue weighted by Gasteiger charge is -2.11. The number of rotatable bonds is 3. The third kappa shape index (κ3) is 3.54. The van der Waals surface area contributed by atoms with Crippen LogP contribution in [-0.2, 0) is 12.2 Å². The van der Waals surface area contributed by atoms with E-state index in [1.54, 1.807) is 42.8 Å². The Morgan fingerprint density at radius 3 is 2.79 bits per heavy atom. The Morgan fingerprint density at radius 1 is 1.28 bits per heavy atom. The van der Waals surface area contributed by atoms with E-state index in [4.69, 9.17) is 10.3 Å². The minimum Gasteiger partial charge on any atom is -0.390 e. The first-order chi connectivity index (χ1) is 13.9. The van der Waals surface area contributed by atoms with Gasteiger partial charge in [0.15, 0.2) is 11.4 Å². The zero-order chi connectivity index (χ0) is 20.6. The van der Waals surface area contributed by atoms with Gasteiger partial charge >= 0.3 is 0 Å². The van der Waals surface area contributed by atoms with Crippen LogP contribution < -0.4 is 5.73 Å². The van der Waals surface area contributed by atoms with Crippen molar-refractivity contribution in [2.24, 2.45) is 0 Å². The fourth-order valence-electron chi connectivity index (χ4n) is 2.88. The number of hydrogen-bond donors (Lipinski definition) is 3. The molecule has 0 saturated heterocycles. The molecule has 0 aliphatic heterocycles. The van der Waals surface area contributed by atoms with E-state index in [9.17, 15) is 10.2 Å². The van der Waals surface area contributed by atoms with E-state index in [1.165, 1.54) is 6.20 Å². The van der Waals surface area contributed by atoms with E-state index in [0.717, 1.165) is 5.39 Å². The summed E-state index contributed by atoms with van der Waals surface area (Å²) in [4.78, 5) is 8.08. The minimum atomic E-state index is -1.47. The highest BCUT2D eigenvalue weighted by atomic mass is 16.5. The van der Waals surface area contributed by atoms with Gasteiger partial charge in [0, 0.05) is 29.3 Å². The van der Waals surface area contributed by atoms with Crippen molar-refractivity contribution in [3.63, 3.8) is 0 Å². The number of nitrogens with zero attached hydrogens (tertiary/aromatic N) is 5. The van der Waals surface area contributed by atoms with Crippen molar-refractivity contribution in [2.75, 3.05) is 5.73 Å². The Labute approximate surface area is 165 Å². The molecule has 0 radical (unpaired) electrons. The van der Waals surface area contributed by atoms with Gasteiger partial charge in [0.2, 0.25) is 5.95 Å². The Morgan fingerprint density at radius 2 is 2.10 bits per heavy atom. The summed E-state index contributed by atoms with van der Waals surface area (Å²) in [7, 11) is 0. The summed E-state index contributed by atoms with van der Waals surface area (Å²) in [5.74, 6) is 6.95. The number of benzene rings is 1. The standard InChI is InChI=1S/C20H18N6O3/c1-12-9-17(25-29-12)20(2,28)7-5-13-3-4-14-15(11-27)24-26(16(14)10-13)18-6-8-22-19(21)23-18/h3-4,6,8-10,27-28H,11H2,1-2H3,(H2,21,22,23). The van der Waals surface area contributed by atoms with Gasteiger partial charge in [-0.2, -0.15) is 10.1 Å². The molecule has 146 valence electrons. The fourth-order valence-corrected chi connectivity index (χ4v) is 2.88. The van der Waals surface area contributed by atoms with Crippen LogP contribution in [0.3, 0.4) is 0 Å². The van der Waals surface area contributed by atoms with Crippen LogP contribution in [0.5, 0.6) is 0 Å². The molecule has 1 unspecified atom stereocenters. The molecule has 0 fully saturated rings. The highest BCUT2D eigenvalue weighted by Crippen LogP contribution is 2.24. The smallest absolute Gasteiger partial charge is 0.221 e. The molecule has 3 aromatic heterocycles. The second-order valence-electron chi connectivity index (χ2n) is 6.67. The Bertz CT molecular complexity index is 1260. The number of aliphatic hydroxyl groups is 2. The first kappa shape index (κ1) is 18.6. The highest BCUT2D eigenvalue weighted by Gasteiger charge is 2.24. The second-order valence-corrected chi connectivity index (χ2v) is 6.67. The maximum Gasteiger partial charge on any atom is 0.221 e. The summed E-state index contributed by atoms with van der Waals surface area (Å²) in [6.07, 6.45) is 1.53. The molecule has 4 rings (SSSR count). The van der Waals surface area contributed by atoms with Crippen LogP contribution >= 0.6 is 0 Å². The largest absolute Gasteiger partial charge is 0.390 e. The summed E-state index contributed by atoms with van der Waals surface area (Å²) in [6, 6.07) is 8.71. The normalized spacial score (nSPS) is 13.1. The van der Waals surface area contributed by atoms with Gasteiger partial charge in [-0.1, -0.05) is 17.0 Å². The molecule has 0 saturated carbocycles. The lowest BCUT2D eigenvalue weighted by molar-refractivity contribution is 0.112. The maximum absolute atomic E-state index is 10.6. The number of anilines is 1. The van der Waals surface area contributed by atoms with Gasteiger partial charge < -0.3 is 20.5 Å². The van der Waals surface area contributed by atoms with Crippen LogP contribution in [0, 0.1) is 18.8 Å². The zero-order valence-electron chi connectivity index (χ0n) is 15.8. The van der Waals surface area contributed by atoms with E-state index >= 15 is 0 Å². The minimum absolute atomic E-state index is 0.117. The van der Waals surface area contributed by atoms with Crippen LogP contribution in [0.15, 0.2) is 41.1 Å². The number of aryl methyl sites for hydroxylation is 1. The molecule has 3 heterocycles.